The molecule has 0 saturated heterocycles. The third-order valence-corrected chi connectivity index (χ3v) is 2.82. The maximum atomic E-state index is 12.3. The number of fused-ring (bicyclic) bond motifs is 1. The summed E-state index contributed by atoms with van der Waals surface area (Å²) in [5.41, 5.74) is 1.75. The van der Waals surface area contributed by atoms with Crippen LogP contribution in [-0.2, 0) is 19.3 Å². The van der Waals surface area contributed by atoms with Gasteiger partial charge in [0.1, 0.15) is 18.1 Å². The molecule has 94 valence electrons. The van der Waals surface area contributed by atoms with Crippen molar-refractivity contribution in [2.24, 2.45) is 0 Å². The summed E-state index contributed by atoms with van der Waals surface area (Å²) in [7, 11) is 1.68. The van der Waals surface area contributed by atoms with E-state index in [9.17, 15) is 13.2 Å². The number of hydrogen-bond acceptors (Lipinski definition) is 3. The zero-order valence-electron chi connectivity index (χ0n) is 9.56. The fourth-order valence-corrected chi connectivity index (χ4v) is 2.11. The first-order chi connectivity index (χ1) is 7.99. The predicted octanol–water partition coefficient (Wildman–Crippen LogP) is 2.50. The molecule has 0 unspecified atom stereocenters. The average molecular weight is 245 g/mol. The average Bonchev–Trinajstić information content (AvgIpc) is 2.25. The lowest BCUT2D eigenvalue weighted by atomic mass is 9.96. The van der Waals surface area contributed by atoms with E-state index in [4.69, 9.17) is 0 Å². The van der Waals surface area contributed by atoms with Gasteiger partial charge in [-0.25, -0.2) is 9.97 Å². The number of halogens is 3. The van der Waals surface area contributed by atoms with Crippen LogP contribution in [0.15, 0.2) is 0 Å². The lowest BCUT2D eigenvalue weighted by molar-refractivity contribution is -0.128. The lowest BCUT2D eigenvalue weighted by Crippen LogP contribution is -2.18. The molecule has 0 aliphatic heterocycles. The quantitative estimate of drug-likeness (QED) is 0.870. The van der Waals surface area contributed by atoms with Gasteiger partial charge >= 0.3 is 6.18 Å². The standard InChI is InChI=1S/C11H14F3N3/c1-15-10-7-4-2-3-5-8(7)16-9(17-10)6-11(12,13)14/h2-6H2,1H3,(H,15,16,17). The molecule has 0 saturated carbocycles. The Kier molecular flexibility index (Phi) is 3.22. The van der Waals surface area contributed by atoms with Crippen LogP contribution in [0.5, 0.6) is 0 Å². The van der Waals surface area contributed by atoms with Crippen LogP contribution in [0.4, 0.5) is 19.0 Å². The van der Waals surface area contributed by atoms with Gasteiger partial charge in [0.25, 0.3) is 0 Å². The predicted molar refractivity (Wildman–Crippen MR) is 58.0 cm³/mol. The number of aromatic nitrogens is 2. The molecule has 2 rings (SSSR count). The first kappa shape index (κ1) is 12.1. The van der Waals surface area contributed by atoms with Gasteiger partial charge in [-0.05, 0) is 25.7 Å². The van der Waals surface area contributed by atoms with Crippen LogP contribution < -0.4 is 5.32 Å². The summed E-state index contributed by atoms with van der Waals surface area (Å²) in [5.74, 6) is 0.413. The second-order valence-electron chi connectivity index (χ2n) is 4.16. The Morgan fingerprint density at radius 3 is 2.53 bits per heavy atom. The van der Waals surface area contributed by atoms with E-state index in [-0.39, 0.29) is 5.82 Å². The zero-order chi connectivity index (χ0) is 12.5. The molecule has 0 radical (unpaired) electrons. The summed E-state index contributed by atoms with van der Waals surface area (Å²) in [6, 6.07) is 0. The molecule has 6 heteroatoms. The fraction of sp³-hybridized carbons (Fsp3) is 0.636. The Morgan fingerprint density at radius 2 is 1.88 bits per heavy atom. The van der Waals surface area contributed by atoms with Crippen molar-refractivity contribution in [1.82, 2.24) is 9.97 Å². The maximum absolute atomic E-state index is 12.3. The Morgan fingerprint density at radius 1 is 1.18 bits per heavy atom. The minimum Gasteiger partial charge on any atom is -0.373 e. The number of anilines is 1. The van der Waals surface area contributed by atoms with E-state index < -0.39 is 12.6 Å². The van der Waals surface area contributed by atoms with Crippen LogP contribution >= 0.6 is 0 Å². The number of rotatable bonds is 2. The number of aryl methyl sites for hydroxylation is 1. The molecule has 1 aromatic heterocycles. The van der Waals surface area contributed by atoms with Crippen molar-refractivity contribution in [2.45, 2.75) is 38.3 Å². The summed E-state index contributed by atoms with van der Waals surface area (Å²) >= 11 is 0. The minimum absolute atomic E-state index is 0.137. The van der Waals surface area contributed by atoms with E-state index in [1.807, 2.05) is 0 Å². The zero-order valence-corrected chi connectivity index (χ0v) is 9.56. The molecule has 0 fully saturated rings. The molecule has 0 atom stereocenters. The van der Waals surface area contributed by atoms with Crippen LogP contribution in [0.3, 0.4) is 0 Å². The Labute approximate surface area is 97.5 Å². The molecule has 1 aromatic rings. The Bertz CT molecular complexity index is 398. The molecule has 0 amide bonds. The van der Waals surface area contributed by atoms with Crippen molar-refractivity contribution in [2.75, 3.05) is 12.4 Å². The molecule has 1 N–H and O–H groups in total. The van der Waals surface area contributed by atoms with E-state index in [1.165, 1.54) is 0 Å². The second-order valence-corrected chi connectivity index (χ2v) is 4.16. The topological polar surface area (TPSA) is 37.8 Å². The molecular formula is C11H14F3N3. The van der Waals surface area contributed by atoms with Crippen LogP contribution in [0.2, 0.25) is 0 Å². The summed E-state index contributed by atoms with van der Waals surface area (Å²) in [4.78, 5) is 7.98. The second kappa shape index (κ2) is 4.50. The molecule has 0 aromatic carbocycles. The number of nitrogens with one attached hydrogen (secondary N) is 1. The summed E-state index contributed by atoms with van der Waals surface area (Å²) in [5, 5.41) is 2.86. The SMILES string of the molecule is CNc1nc(CC(F)(F)F)nc2c1CCCC2. The van der Waals surface area contributed by atoms with Crippen LogP contribution in [-0.4, -0.2) is 23.2 Å². The van der Waals surface area contributed by atoms with Gasteiger partial charge in [-0.3, -0.25) is 0 Å². The first-order valence-corrected chi connectivity index (χ1v) is 5.63. The van der Waals surface area contributed by atoms with Gasteiger partial charge in [-0.1, -0.05) is 0 Å². The lowest BCUT2D eigenvalue weighted by Gasteiger charge is -2.19. The van der Waals surface area contributed by atoms with Crippen molar-refractivity contribution < 1.29 is 13.2 Å². The normalized spacial score (nSPS) is 15.5. The van der Waals surface area contributed by atoms with Crippen LogP contribution in [0.1, 0.15) is 29.9 Å². The molecule has 17 heavy (non-hydrogen) atoms. The summed E-state index contributed by atoms with van der Waals surface area (Å²) in [6.07, 6.45) is -1.69. The van der Waals surface area contributed by atoms with Gasteiger partial charge in [0.05, 0.1) is 0 Å². The van der Waals surface area contributed by atoms with Gasteiger partial charge in [0, 0.05) is 18.3 Å². The first-order valence-electron chi connectivity index (χ1n) is 5.63. The molecule has 3 nitrogen and oxygen atoms in total. The highest BCUT2D eigenvalue weighted by molar-refractivity contribution is 5.47. The molecule has 0 spiro atoms. The minimum atomic E-state index is -4.26. The highest BCUT2D eigenvalue weighted by Gasteiger charge is 2.30. The van der Waals surface area contributed by atoms with E-state index in [2.05, 4.69) is 15.3 Å². The maximum Gasteiger partial charge on any atom is 0.396 e. The Balaban J connectivity index is 2.36. The van der Waals surface area contributed by atoms with E-state index in [0.29, 0.717) is 5.82 Å². The fourth-order valence-electron chi connectivity index (χ4n) is 2.11. The monoisotopic (exact) mass is 245 g/mol. The third-order valence-electron chi connectivity index (χ3n) is 2.82. The van der Waals surface area contributed by atoms with E-state index in [1.54, 1.807) is 7.05 Å². The van der Waals surface area contributed by atoms with Crippen molar-refractivity contribution in [3.05, 3.63) is 17.1 Å². The van der Waals surface area contributed by atoms with Crippen molar-refractivity contribution in [3.8, 4) is 0 Å². The van der Waals surface area contributed by atoms with E-state index >= 15 is 0 Å². The summed E-state index contributed by atoms with van der Waals surface area (Å²) in [6.45, 7) is 0. The van der Waals surface area contributed by atoms with Crippen LogP contribution in [0, 0.1) is 0 Å². The van der Waals surface area contributed by atoms with Gasteiger partial charge < -0.3 is 5.32 Å². The molecular weight excluding hydrogens is 231 g/mol. The van der Waals surface area contributed by atoms with E-state index in [0.717, 1.165) is 36.9 Å². The largest absolute Gasteiger partial charge is 0.396 e. The highest BCUT2D eigenvalue weighted by Crippen LogP contribution is 2.27. The van der Waals surface area contributed by atoms with Crippen LogP contribution in [0.25, 0.3) is 0 Å². The Hall–Kier alpha value is -1.33. The van der Waals surface area contributed by atoms with Gasteiger partial charge in [0.2, 0.25) is 0 Å². The van der Waals surface area contributed by atoms with Crippen molar-refractivity contribution in [3.63, 3.8) is 0 Å². The van der Waals surface area contributed by atoms with Gasteiger partial charge in [-0.2, -0.15) is 13.2 Å². The van der Waals surface area contributed by atoms with Gasteiger partial charge in [0.15, 0.2) is 0 Å². The number of nitrogens with zero attached hydrogens (tertiary/aromatic N) is 2. The number of hydrogen-bond donors (Lipinski definition) is 1. The third kappa shape index (κ3) is 2.87. The van der Waals surface area contributed by atoms with Gasteiger partial charge in [-0.15, -0.1) is 0 Å². The number of alkyl halides is 3. The van der Waals surface area contributed by atoms with Crippen molar-refractivity contribution >= 4 is 5.82 Å². The molecule has 0 bridgehead atoms. The smallest absolute Gasteiger partial charge is 0.373 e. The summed E-state index contributed by atoms with van der Waals surface area (Å²) < 4.78 is 36.9. The molecule has 1 aliphatic rings. The van der Waals surface area contributed by atoms with Crippen molar-refractivity contribution in [1.29, 1.82) is 0 Å². The molecule has 1 heterocycles. The molecule has 1 aliphatic carbocycles. The highest BCUT2D eigenvalue weighted by atomic mass is 19.4.